The van der Waals surface area contributed by atoms with Crippen molar-refractivity contribution < 1.29 is 0 Å². The topological polar surface area (TPSA) is 29.3 Å². The van der Waals surface area contributed by atoms with Gasteiger partial charge in [0.1, 0.15) is 0 Å². The van der Waals surface area contributed by atoms with Gasteiger partial charge in [-0.15, -0.1) is 0 Å². The average molecular weight is 218 g/mol. The first-order valence-corrected chi connectivity index (χ1v) is 6.05. The molecule has 2 nitrogen and oxygen atoms in total. The van der Waals surface area contributed by atoms with Crippen LogP contribution in [0.4, 0.5) is 0 Å². The predicted octanol–water partition coefficient (Wildman–Crippen LogP) is 2.26. The van der Waals surface area contributed by atoms with Crippen molar-refractivity contribution in [1.29, 1.82) is 0 Å². The van der Waals surface area contributed by atoms with Gasteiger partial charge in [0, 0.05) is 26.2 Å². The van der Waals surface area contributed by atoms with E-state index < -0.39 is 0 Å². The molecule has 1 aromatic carbocycles. The third kappa shape index (κ3) is 2.28. The van der Waals surface area contributed by atoms with E-state index in [0.717, 1.165) is 26.2 Å². The molecule has 0 saturated carbocycles. The van der Waals surface area contributed by atoms with E-state index in [2.05, 4.69) is 43.9 Å². The minimum atomic E-state index is 0.246. The van der Waals surface area contributed by atoms with Crippen LogP contribution in [-0.2, 0) is 18.5 Å². The predicted molar refractivity (Wildman–Crippen MR) is 68.3 cm³/mol. The van der Waals surface area contributed by atoms with Gasteiger partial charge in [-0.3, -0.25) is 4.90 Å². The van der Waals surface area contributed by atoms with Crippen molar-refractivity contribution in [2.45, 2.75) is 39.3 Å². The van der Waals surface area contributed by atoms with Crippen LogP contribution in [0, 0.1) is 0 Å². The fraction of sp³-hybridized carbons (Fsp3) is 0.571. The lowest BCUT2D eigenvalue weighted by Gasteiger charge is -2.19. The van der Waals surface area contributed by atoms with E-state index in [4.69, 9.17) is 5.73 Å². The SMILES string of the molecule is CC(C)(C)c1ccc2c(c1)CN(CCN)C2. The molecule has 1 heterocycles. The molecule has 0 radical (unpaired) electrons. The maximum absolute atomic E-state index is 5.60. The van der Waals surface area contributed by atoms with Crippen molar-refractivity contribution in [3.05, 3.63) is 34.9 Å². The second-order valence-electron chi connectivity index (χ2n) is 5.73. The van der Waals surface area contributed by atoms with Gasteiger partial charge in [0.25, 0.3) is 0 Å². The van der Waals surface area contributed by atoms with E-state index in [-0.39, 0.29) is 5.41 Å². The average Bonchev–Trinajstić information content (AvgIpc) is 2.57. The van der Waals surface area contributed by atoms with Crippen LogP contribution >= 0.6 is 0 Å². The van der Waals surface area contributed by atoms with Crippen LogP contribution in [0.25, 0.3) is 0 Å². The summed E-state index contributed by atoms with van der Waals surface area (Å²) in [6.07, 6.45) is 0. The molecular formula is C14H22N2. The van der Waals surface area contributed by atoms with Crippen molar-refractivity contribution in [1.82, 2.24) is 4.90 Å². The molecule has 2 rings (SSSR count). The van der Waals surface area contributed by atoms with Crippen molar-refractivity contribution >= 4 is 0 Å². The summed E-state index contributed by atoms with van der Waals surface area (Å²) in [5.41, 5.74) is 10.2. The summed E-state index contributed by atoms with van der Waals surface area (Å²) in [7, 11) is 0. The largest absolute Gasteiger partial charge is 0.329 e. The number of nitrogens with two attached hydrogens (primary N) is 1. The van der Waals surface area contributed by atoms with E-state index in [1.165, 1.54) is 16.7 Å². The molecule has 2 heteroatoms. The van der Waals surface area contributed by atoms with Gasteiger partial charge in [-0.2, -0.15) is 0 Å². The molecule has 0 fully saturated rings. The third-order valence-electron chi connectivity index (χ3n) is 3.31. The number of hydrogen-bond acceptors (Lipinski definition) is 2. The Morgan fingerprint density at radius 1 is 1.19 bits per heavy atom. The summed E-state index contributed by atoms with van der Waals surface area (Å²) in [5, 5.41) is 0. The molecule has 88 valence electrons. The molecule has 2 N–H and O–H groups in total. The van der Waals surface area contributed by atoms with E-state index in [9.17, 15) is 0 Å². The van der Waals surface area contributed by atoms with Gasteiger partial charge in [-0.1, -0.05) is 39.0 Å². The Morgan fingerprint density at radius 3 is 2.50 bits per heavy atom. The van der Waals surface area contributed by atoms with Gasteiger partial charge >= 0.3 is 0 Å². The van der Waals surface area contributed by atoms with Gasteiger partial charge in [0.05, 0.1) is 0 Å². The number of benzene rings is 1. The lowest BCUT2D eigenvalue weighted by molar-refractivity contribution is 0.293. The summed E-state index contributed by atoms with van der Waals surface area (Å²) in [5.74, 6) is 0. The molecule has 0 bridgehead atoms. The summed E-state index contributed by atoms with van der Waals surface area (Å²) in [6, 6.07) is 6.92. The third-order valence-corrected chi connectivity index (χ3v) is 3.31. The smallest absolute Gasteiger partial charge is 0.0241 e. The van der Waals surface area contributed by atoms with Crippen molar-refractivity contribution in [2.75, 3.05) is 13.1 Å². The van der Waals surface area contributed by atoms with E-state index >= 15 is 0 Å². The molecule has 0 atom stereocenters. The fourth-order valence-electron chi connectivity index (χ4n) is 2.27. The summed E-state index contributed by atoms with van der Waals surface area (Å²) in [4.78, 5) is 2.41. The van der Waals surface area contributed by atoms with Crippen molar-refractivity contribution in [2.24, 2.45) is 5.73 Å². The number of fused-ring (bicyclic) bond motifs is 1. The monoisotopic (exact) mass is 218 g/mol. The van der Waals surface area contributed by atoms with E-state index in [0.29, 0.717) is 0 Å². The first kappa shape index (κ1) is 11.6. The van der Waals surface area contributed by atoms with Crippen LogP contribution in [0.3, 0.4) is 0 Å². The molecule has 0 unspecified atom stereocenters. The van der Waals surface area contributed by atoms with E-state index in [1.807, 2.05) is 0 Å². The number of nitrogens with zero attached hydrogens (tertiary/aromatic N) is 1. The van der Waals surface area contributed by atoms with Gasteiger partial charge < -0.3 is 5.73 Å². The Balaban J connectivity index is 2.21. The number of hydrogen-bond donors (Lipinski definition) is 1. The Morgan fingerprint density at radius 2 is 1.88 bits per heavy atom. The van der Waals surface area contributed by atoms with Gasteiger partial charge in [-0.05, 0) is 22.1 Å². The normalized spacial score (nSPS) is 16.5. The molecule has 0 saturated heterocycles. The molecular weight excluding hydrogens is 196 g/mol. The molecule has 0 aromatic heterocycles. The molecule has 0 spiro atoms. The molecule has 1 aliphatic heterocycles. The van der Waals surface area contributed by atoms with Crippen LogP contribution in [0.15, 0.2) is 18.2 Å². The lowest BCUT2D eigenvalue weighted by Crippen LogP contribution is -2.24. The first-order chi connectivity index (χ1) is 7.50. The highest BCUT2D eigenvalue weighted by Gasteiger charge is 2.21. The Kier molecular flexibility index (Phi) is 3.04. The molecule has 16 heavy (non-hydrogen) atoms. The summed E-state index contributed by atoms with van der Waals surface area (Å²) >= 11 is 0. The zero-order valence-corrected chi connectivity index (χ0v) is 10.6. The van der Waals surface area contributed by atoms with Gasteiger partial charge in [0.15, 0.2) is 0 Å². The van der Waals surface area contributed by atoms with Crippen LogP contribution in [0.5, 0.6) is 0 Å². The Labute approximate surface area is 98.4 Å². The van der Waals surface area contributed by atoms with E-state index in [1.54, 1.807) is 0 Å². The quantitative estimate of drug-likeness (QED) is 0.825. The highest BCUT2D eigenvalue weighted by atomic mass is 15.1. The molecule has 0 amide bonds. The fourth-order valence-corrected chi connectivity index (χ4v) is 2.27. The minimum Gasteiger partial charge on any atom is -0.329 e. The second-order valence-corrected chi connectivity index (χ2v) is 5.73. The second kappa shape index (κ2) is 4.19. The highest BCUT2D eigenvalue weighted by molar-refractivity contribution is 5.37. The first-order valence-electron chi connectivity index (χ1n) is 6.05. The Bertz CT molecular complexity index is 377. The van der Waals surface area contributed by atoms with Gasteiger partial charge in [0.2, 0.25) is 0 Å². The zero-order valence-electron chi connectivity index (χ0n) is 10.6. The standard InChI is InChI=1S/C14H22N2/c1-14(2,3)13-5-4-11-9-16(7-6-15)10-12(11)8-13/h4-5,8H,6-7,9-10,15H2,1-3H3. The molecule has 1 aliphatic rings. The highest BCUT2D eigenvalue weighted by Crippen LogP contribution is 2.29. The minimum absolute atomic E-state index is 0.246. The molecule has 0 aliphatic carbocycles. The van der Waals surface area contributed by atoms with Crippen molar-refractivity contribution in [3.8, 4) is 0 Å². The maximum Gasteiger partial charge on any atom is 0.0241 e. The summed E-state index contributed by atoms with van der Waals surface area (Å²) in [6.45, 7) is 10.7. The van der Waals surface area contributed by atoms with Crippen LogP contribution < -0.4 is 5.73 Å². The van der Waals surface area contributed by atoms with Crippen LogP contribution in [-0.4, -0.2) is 18.0 Å². The number of rotatable bonds is 2. The van der Waals surface area contributed by atoms with Crippen LogP contribution in [0.1, 0.15) is 37.5 Å². The summed E-state index contributed by atoms with van der Waals surface area (Å²) < 4.78 is 0. The van der Waals surface area contributed by atoms with Gasteiger partial charge in [-0.25, -0.2) is 0 Å². The lowest BCUT2D eigenvalue weighted by atomic mass is 9.85. The molecule has 1 aromatic rings. The maximum atomic E-state index is 5.60. The van der Waals surface area contributed by atoms with Crippen LogP contribution in [0.2, 0.25) is 0 Å². The Hall–Kier alpha value is -0.860. The van der Waals surface area contributed by atoms with Crippen molar-refractivity contribution in [3.63, 3.8) is 0 Å². The zero-order chi connectivity index (χ0) is 11.8.